The van der Waals surface area contributed by atoms with Crippen molar-refractivity contribution in [1.29, 1.82) is 0 Å². The molecule has 8 nitrogen and oxygen atoms in total. The first-order valence-corrected chi connectivity index (χ1v) is 15.1. The van der Waals surface area contributed by atoms with E-state index in [1.807, 2.05) is 60.7 Å². The van der Waals surface area contributed by atoms with Crippen molar-refractivity contribution < 1.29 is 27.5 Å². The molecule has 0 aromatic heterocycles. The largest absolute Gasteiger partial charge is 0.457 e. The Morgan fingerprint density at radius 3 is 1.27 bits per heavy atom. The van der Waals surface area contributed by atoms with Gasteiger partial charge in [0.2, 0.25) is 11.8 Å². The molecule has 4 aromatic carbocycles. The highest BCUT2D eigenvalue weighted by atomic mass is 32.2. The number of anilines is 2. The van der Waals surface area contributed by atoms with Gasteiger partial charge in [0.1, 0.15) is 23.0 Å². The fourth-order valence-corrected chi connectivity index (χ4v) is 7.03. The number of hydrogen-bond donors (Lipinski definition) is 2. The Morgan fingerprint density at radius 2 is 0.902 bits per heavy atom. The summed E-state index contributed by atoms with van der Waals surface area (Å²) in [5.74, 6) is 0.919. The summed E-state index contributed by atoms with van der Waals surface area (Å²) < 4.78 is 36.4. The molecule has 1 aliphatic rings. The number of nitrogens with one attached hydrogen (secondary N) is 2. The number of ether oxygens (including phenoxy) is 2. The zero-order chi connectivity index (χ0) is 28.7. The highest BCUT2D eigenvalue weighted by Gasteiger charge is 2.39. The summed E-state index contributed by atoms with van der Waals surface area (Å²) in [7, 11) is -3.35. The minimum atomic E-state index is -3.35. The highest BCUT2D eigenvalue weighted by molar-refractivity contribution is 7.91. The van der Waals surface area contributed by atoms with E-state index >= 15 is 0 Å². The minimum absolute atomic E-state index is 0.00493. The maximum absolute atomic E-state index is 12.8. The number of amides is 2. The topological polar surface area (TPSA) is 111 Å². The molecule has 210 valence electrons. The quantitative estimate of drug-likeness (QED) is 0.232. The normalized spacial score (nSPS) is 17.4. The van der Waals surface area contributed by atoms with Crippen molar-refractivity contribution >= 4 is 33.0 Å². The Kier molecular flexibility index (Phi) is 8.64. The van der Waals surface area contributed by atoms with Crippen LogP contribution in [0.3, 0.4) is 0 Å². The van der Waals surface area contributed by atoms with Crippen LogP contribution in [0.15, 0.2) is 109 Å². The standard InChI is InChI=1S/C32H30N2O6S/c35-31(33-25-11-15-29(16-12-25)39-27-7-3-1-4-8-27)19-23-21-41(37,38)22-24(23)20-32(36)34-26-13-17-30(18-14-26)40-28-9-5-2-6-10-28/h1-18,23-24H,19-22H2,(H,33,35)(H,34,36)/t23-,24-/m0/s1. The summed E-state index contributed by atoms with van der Waals surface area (Å²) in [6.07, 6.45) is 0.00985. The molecule has 0 aliphatic carbocycles. The van der Waals surface area contributed by atoms with Crippen LogP contribution in [-0.4, -0.2) is 31.7 Å². The van der Waals surface area contributed by atoms with E-state index in [1.54, 1.807) is 48.5 Å². The maximum atomic E-state index is 12.8. The molecule has 1 fully saturated rings. The first kappa shape index (κ1) is 27.9. The van der Waals surface area contributed by atoms with Crippen LogP contribution in [0.25, 0.3) is 0 Å². The van der Waals surface area contributed by atoms with Crippen molar-refractivity contribution in [3.05, 3.63) is 109 Å². The number of hydrogen-bond acceptors (Lipinski definition) is 6. The second-order valence-electron chi connectivity index (χ2n) is 9.98. The molecule has 41 heavy (non-hydrogen) atoms. The van der Waals surface area contributed by atoms with Crippen molar-refractivity contribution in [1.82, 2.24) is 0 Å². The number of carbonyl (C=O) groups is 2. The minimum Gasteiger partial charge on any atom is -0.457 e. The SMILES string of the molecule is O=C(C[C@H]1CS(=O)(=O)C[C@@H]1CC(=O)Nc1ccc(Oc2ccccc2)cc1)Nc1ccc(Oc2ccccc2)cc1. The second-order valence-corrected chi connectivity index (χ2v) is 12.1. The first-order chi connectivity index (χ1) is 19.8. The van der Waals surface area contributed by atoms with Gasteiger partial charge < -0.3 is 20.1 Å². The third kappa shape index (κ3) is 8.18. The summed E-state index contributed by atoms with van der Waals surface area (Å²) in [5, 5.41) is 5.64. The molecular weight excluding hydrogens is 540 g/mol. The lowest BCUT2D eigenvalue weighted by Crippen LogP contribution is -2.25. The van der Waals surface area contributed by atoms with Crippen molar-refractivity contribution in [2.45, 2.75) is 12.8 Å². The van der Waals surface area contributed by atoms with E-state index in [0.717, 1.165) is 0 Å². The lowest BCUT2D eigenvalue weighted by molar-refractivity contribution is -0.119. The van der Waals surface area contributed by atoms with Crippen LogP contribution >= 0.6 is 0 Å². The van der Waals surface area contributed by atoms with Crippen molar-refractivity contribution in [2.24, 2.45) is 11.8 Å². The van der Waals surface area contributed by atoms with Crippen molar-refractivity contribution in [3.8, 4) is 23.0 Å². The smallest absolute Gasteiger partial charge is 0.224 e. The Hall–Kier alpha value is -4.63. The van der Waals surface area contributed by atoms with Gasteiger partial charge in [-0.2, -0.15) is 0 Å². The molecule has 9 heteroatoms. The molecular formula is C32H30N2O6S. The monoisotopic (exact) mass is 570 g/mol. The fraction of sp³-hybridized carbons (Fsp3) is 0.188. The molecule has 0 saturated carbocycles. The third-order valence-electron chi connectivity index (χ3n) is 6.73. The molecule has 2 amide bonds. The molecule has 1 aliphatic heterocycles. The predicted molar refractivity (Wildman–Crippen MR) is 158 cm³/mol. The molecule has 0 bridgehead atoms. The summed E-state index contributed by atoms with van der Waals surface area (Å²) in [4.78, 5) is 25.6. The van der Waals surface area contributed by atoms with E-state index in [4.69, 9.17) is 9.47 Å². The van der Waals surface area contributed by atoms with E-state index in [9.17, 15) is 18.0 Å². The van der Waals surface area contributed by atoms with Crippen LogP contribution in [0.5, 0.6) is 23.0 Å². The van der Waals surface area contributed by atoms with Gasteiger partial charge in [0, 0.05) is 24.2 Å². The molecule has 1 heterocycles. The van der Waals surface area contributed by atoms with Gasteiger partial charge in [-0.05, 0) is 84.6 Å². The molecule has 1 saturated heterocycles. The van der Waals surface area contributed by atoms with Gasteiger partial charge in [-0.15, -0.1) is 0 Å². The van der Waals surface area contributed by atoms with Gasteiger partial charge in [0.05, 0.1) is 11.5 Å². The Labute approximate surface area is 239 Å². The molecule has 0 spiro atoms. The van der Waals surface area contributed by atoms with Gasteiger partial charge in [0.15, 0.2) is 9.84 Å². The summed E-state index contributed by atoms with van der Waals surface area (Å²) in [5.41, 5.74) is 1.15. The average molecular weight is 571 g/mol. The van der Waals surface area contributed by atoms with Crippen LogP contribution < -0.4 is 20.1 Å². The van der Waals surface area contributed by atoms with Crippen LogP contribution in [0.2, 0.25) is 0 Å². The maximum Gasteiger partial charge on any atom is 0.224 e. The van der Waals surface area contributed by atoms with Gasteiger partial charge in [-0.1, -0.05) is 36.4 Å². The predicted octanol–water partition coefficient (Wildman–Crippen LogP) is 6.29. The zero-order valence-corrected chi connectivity index (χ0v) is 23.0. The Morgan fingerprint density at radius 1 is 0.561 bits per heavy atom. The van der Waals surface area contributed by atoms with Gasteiger partial charge in [0.25, 0.3) is 0 Å². The van der Waals surface area contributed by atoms with Crippen molar-refractivity contribution in [3.63, 3.8) is 0 Å². The van der Waals surface area contributed by atoms with Gasteiger partial charge in [-0.3, -0.25) is 9.59 Å². The molecule has 2 atom stereocenters. The number of sulfone groups is 1. The van der Waals surface area contributed by atoms with E-state index in [0.29, 0.717) is 34.4 Å². The number of para-hydroxylation sites is 2. The van der Waals surface area contributed by atoms with Crippen molar-refractivity contribution in [2.75, 3.05) is 22.1 Å². The second kappa shape index (κ2) is 12.7. The fourth-order valence-electron chi connectivity index (χ4n) is 4.81. The van der Waals surface area contributed by atoms with Crippen LogP contribution in [0.4, 0.5) is 11.4 Å². The number of benzene rings is 4. The number of rotatable bonds is 10. The lowest BCUT2D eigenvalue weighted by atomic mass is 9.89. The first-order valence-electron chi connectivity index (χ1n) is 13.3. The molecule has 4 aromatic rings. The van der Waals surface area contributed by atoms with E-state index in [1.165, 1.54) is 0 Å². The molecule has 0 radical (unpaired) electrons. The van der Waals surface area contributed by atoms with E-state index < -0.39 is 21.7 Å². The number of carbonyl (C=O) groups excluding carboxylic acids is 2. The van der Waals surface area contributed by atoms with Crippen LogP contribution in [0, 0.1) is 11.8 Å². The zero-order valence-electron chi connectivity index (χ0n) is 22.2. The van der Waals surface area contributed by atoms with Crippen LogP contribution in [0.1, 0.15) is 12.8 Å². The summed E-state index contributed by atoms with van der Waals surface area (Å²) in [6, 6.07) is 32.6. The Balaban J connectivity index is 1.13. The molecule has 5 rings (SSSR count). The molecule has 0 unspecified atom stereocenters. The van der Waals surface area contributed by atoms with Crippen LogP contribution in [-0.2, 0) is 19.4 Å². The van der Waals surface area contributed by atoms with Gasteiger partial charge in [-0.25, -0.2) is 8.42 Å². The average Bonchev–Trinajstić information content (AvgIpc) is 3.23. The van der Waals surface area contributed by atoms with E-state index in [-0.39, 0.29) is 36.2 Å². The van der Waals surface area contributed by atoms with E-state index in [2.05, 4.69) is 10.6 Å². The Bertz CT molecular complexity index is 1460. The van der Waals surface area contributed by atoms with Gasteiger partial charge >= 0.3 is 0 Å². The highest BCUT2D eigenvalue weighted by Crippen LogP contribution is 2.32. The third-order valence-corrected chi connectivity index (χ3v) is 8.60. The summed E-state index contributed by atoms with van der Waals surface area (Å²) in [6.45, 7) is 0. The molecule has 2 N–H and O–H groups in total. The lowest BCUT2D eigenvalue weighted by Gasteiger charge is -2.17. The summed E-state index contributed by atoms with van der Waals surface area (Å²) >= 11 is 0.